The van der Waals surface area contributed by atoms with Crippen molar-refractivity contribution in [3.63, 3.8) is 0 Å². The topological polar surface area (TPSA) is 60.4 Å². The molecule has 0 radical (unpaired) electrons. The lowest BCUT2D eigenvalue weighted by Crippen LogP contribution is -2.37. The molecule has 114 valence electrons. The van der Waals surface area contributed by atoms with Gasteiger partial charge in [-0.05, 0) is 18.2 Å². The molecule has 2 aliphatic rings. The Hall–Kier alpha value is -2.21. The molecule has 4 heterocycles. The highest BCUT2D eigenvalue weighted by atomic mass is 16.5. The Morgan fingerprint density at radius 1 is 1.27 bits per heavy atom. The van der Waals surface area contributed by atoms with Crippen LogP contribution in [-0.4, -0.2) is 47.9 Å². The Balaban J connectivity index is 1.50. The average molecular weight is 298 g/mol. The van der Waals surface area contributed by atoms with Crippen molar-refractivity contribution in [1.82, 2.24) is 15.0 Å². The molecule has 0 amide bonds. The molecule has 2 aromatic rings. The Morgan fingerprint density at radius 3 is 3.00 bits per heavy atom. The summed E-state index contributed by atoms with van der Waals surface area (Å²) in [7, 11) is 0. The molecule has 4 rings (SSSR count). The molecule has 0 bridgehead atoms. The van der Waals surface area contributed by atoms with E-state index in [4.69, 9.17) is 9.47 Å². The first-order valence-corrected chi connectivity index (χ1v) is 7.48. The summed E-state index contributed by atoms with van der Waals surface area (Å²) >= 11 is 0. The van der Waals surface area contributed by atoms with E-state index in [1.807, 2.05) is 18.2 Å². The van der Waals surface area contributed by atoms with Crippen LogP contribution in [0.2, 0.25) is 0 Å². The molecule has 2 atom stereocenters. The lowest BCUT2D eigenvalue weighted by molar-refractivity contribution is 0.110. The van der Waals surface area contributed by atoms with E-state index in [-0.39, 0.29) is 5.41 Å². The molecule has 0 aliphatic carbocycles. The maximum atomic E-state index is 5.97. The number of nitrogens with zero attached hydrogens (tertiary/aromatic N) is 4. The van der Waals surface area contributed by atoms with Gasteiger partial charge in [-0.1, -0.05) is 0 Å². The highest BCUT2D eigenvalue weighted by molar-refractivity contribution is 5.33. The second-order valence-corrected chi connectivity index (χ2v) is 5.98. The van der Waals surface area contributed by atoms with E-state index in [1.165, 1.54) is 0 Å². The van der Waals surface area contributed by atoms with Gasteiger partial charge < -0.3 is 14.4 Å². The Labute approximate surface area is 129 Å². The van der Waals surface area contributed by atoms with E-state index in [0.717, 1.165) is 38.0 Å². The summed E-state index contributed by atoms with van der Waals surface area (Å²) in [4.78, 5) is 15.0. The molecular formula is C16H18N4O2. The van der Waals surface area contributed by atoms with Crippen molar-refractivity contribution in [3.05, 3.63) is 43.0 Å². The van der Waals surface area contributed by atoms with E-state index >= 15 is 0 Å². The number of hydrogen-bond donors (Lipinski definition) is 0. The molecule has 0 saturated carbocycles. The number of aromatic nitrogens is 3. The van der Waals surface area contributed by atoms with Crippen LogP contribution >= 0.6 is 0 Å². The minimum absolute atomic E-state index is 0.00897. The van der Waals surface area contributed by atoms with Gasteiger partial charge in [0.2, 0.25) is 5.95 Å². The molecule has 0 spiro atoms. The fraction of sp³-hybridized carbons (Fsp3) is 0.438. The number of pyridine rings is 1. The number of fused-ring (bicyclic) bond motifs is 1. The van der Waals surface area contributed by atoms with Crippen molar-refractivity contribution >= 4 is 5.95 Å². The minimum Gasteiger partial charge on any atom is -0.491 e. The van der Waals surface area contributed by atoms with Crippen LogP contribution in [0.4, 0.5) is 5.95 Å². The van der Waals surface area contributed by atoms with Gasteiger partial charge in [-0.3, -0.25) is 4.98 Å². The second kappa shape index (κ2) is 5.53. The third-order valence-electron chi connectivity index (χ3n) is 4.52. The van der Waals surface area contributed by atoms with Crippen LogP contribution in [0.3, 0.4) is 0 Å². The highest BCUT2D eigenvalue weighted by Gasteiger charge is 2.52. The summed E-state index contributed by atoms with van der Waals surface area (Å²) in [5, 5.41) is 0. The van der Waals surface area contributed by atoms with Gasteiger partial charge in [0.15, 0.2) is 0 Å². The minimum atomic E-state index is 0.00897. The first-order chi connectivity index (χ1) is 10.9. The molecular weight excluding hydrogens is 280 g/mol. The summed E-state index contributed by atoms with van der Waals surface area (Å²) in [6.07, 6.45) is 7.06. The van der Waals surface area contributed by atoms with Crippen molar-refractivity contribution in [3.8, 4) is 5.75 Å². The Bertz CT molecular complexity index is 625. The number of hydrogen-bond acceptors (Lipinski definition) is 6. The van der Waals surface area contributed by atoms with Crippen LogP contribution in [0.1, 0.15) is 0 Å². The molecule has 2 aromatic heterocycles. The zero-order chi connectivity index (χ0) is 14.8. The van der Waals surface area contributed by atoms with E-state index < -0.39 is 0 Å². The Morgan fingerprint density at radius 2 is 2.18 bits per heavy atom. The fourth-order valence-corrected chi connectivity index (χ4v) is 3.30. The van der Waals surface area contributed by atoms with Crippen molar-refractivity contribution < 1.29 is 9.47 Å². The summed E-state index contributed by atoms with van der Waals surface area (Å²) in [5.74, 6) is 2.04. The normalized spacial score (nSPS) is 26.9. The van der Waals surface area contributed by atoms with Gasteiger partial charge in [-0.2, -0.15) is 0 Å². The van der Waals surface area contributed by atoms with Crippen LogP contribution in [-0.2, 0) is 4.74 Å². The van der Waals surface area contributed by atoms with Crippen LogP contribution in [0, 0.1) is 11.3 Å². The van der Waals surface area contributed by atoms with Gasteiger partial charge in [-0.15, -0.1) is 0 Å². The van der Waals surface area contributed by atoms with Crippen LogP contribution in [0.25, 0.3) is 0 Å². The van der Waals surface area contributed by atoms with E-state index in [2.05, 4.69) is 19.9 Å². The van der Waals surface area contributed by atoms with Gasteiger partial charge in [0.05, 0.1) is 31.4 Å². The molecule has 22 heavy (non-hydrogen) atoms. The number of rotatable bonds is 4. The van der Waals surface area contributed by atoms with Crippen LogP contribution < -0.4 is 9.64 Å². The molecule has 0 N–H and O–H groups in total. The average Bonchev–Trinajstić information content (AvgIpc) is 3.12. The van der Waals surface area contributed by atoms with Crippen LogP contribution in [0.5, 0.6) is 5.75 Å². The standard InChI is InChI=1S/C16H18N4O2/c1-3-14(7-17-4-1)22-12-16-10-20(8-13(16)9-21-11-16)15-18-5-2-6-19-15/h1-7,13H,8-12H2/t13-,16+/m1/s1. The predicted molar refractivity (Wildman–Crippen MR) is 80.7 cm³/mol. The Kier molecular flexibility index (Phi) is 3.38. The molecule has 2 aliphatic heterocycles. The van der Waals surface area contributed by atoms with E-state index in [9.17, 15) is 0 Å². The molecule has 6 heteroatoms. The summed E-state index contributed by atoms with van der Waals surface area (Å²) in [5.41, 5.74) is 0.00897. The van der Waals surface area contributed by atoms with Gasteiger partial charge in [0, 0.05) is 37.6 Å². The maximum absolute atomic E-state index is 5.97. The maximum Gasteiger partial charge on any atom is 0.225 e. The monoisotopic (exact) mass is 298 g/mol. The molecule has 0 aromatic carbocycles. The van der Waals surface area contributed by atoms with Gasteiger partial charge >= 0.3 is 0 Å². The van der Waals surface area contributed by atoms with Crippen molar-refractivity contribution in [2.45, 2.75) is 0 Å². The van der Waals surface area contributed by atoms with Gasteiger partial charge in [0.1, 0.15) is 5.75 Å². The largest absolute Gasteiger partial charge is 0.491 e. The third-order valence-corrected chi connectivity index (χ3v) is 4.52. The third kappa shape index (κ3) is 2.39. The molecule has 2 fully saturated rings. The highest BCUT2D eigenvalue weighted by Crippen LogP contribution is 2.42. The van der Waals surface area contributed by atoms with Crippen LogP contribution in [0.15, 0.2) is 43.0 Å². The van der Waals surface area contributed by atoms with Gasteiger partial charge in [0.25, 0.3) is 0 Å². The van der Waals surface area contributed by atoms with Crippen molar-refractivity contribution in [2.75, 3.05) is 37.8 Å². The second-order valence-electron chi connectivity index (χ2n) is 5.98. The van der Waals surface area contributed by atoms with E-state index in [1.54, 1.807) is 24.8 Å². The lowest BCUT2D eigenvalue weighted by Gasteiger charge is -2.26. The predicted octanol–water partition coefficient (Wildman–Crippen LogP) is 1.40. The zero-order valence-corrected chi connectivity index (χ0v) is 12.3. The molecule has 0 unspecified atom stereocenters. The first kappa shape index (κ1) is 13.5. The molecule has 2 saturated heterocycles. The number of ether oxygens (including phenoxy) is 2. The first-order valence-electron chi connectivity index (χ1n) is 7.48. The fourth-order valence-electron chi connectivity index (χ4n) is 3.30. The van der Waals surface area contributed by atoms with Crippen molar-refractivity contribution in [1.29, 1.82) is 0 Å². The SMILES string of the molecule is c1cnc(N2C[C@@H]3COC[C@]3(COc3cccnc3)C2)nc1. The smallest absolute Gasteiger partial charge is 0.225 e. The summed E-state index contributed by atoms with van der Waals surface area (Å²) < 4.78 is 11.7. The molecule has 6 nitrogen and oxygen atoms in total. The summed E-state index contributed by atoms with van der Waals surface area (Å²) in [6, 6.07) is 5.65. The van der Waals surface area contributed by atoms with Crippen molar-refractivity contribution in [2.24, 2.45) is 11.3 Å². The van der Waals surface area contributed by atoms with E-state index in [0.29, 0.717) is 12.5 Å². The van der Waals surface area contributed by atoms with Gasteiger partial charge in [-0.25, -0.2) is 9.97 Å². The lowest BCUT2D eigenvalue weighted by atomic mass is 9.82. The zero-order valence-electron chi connectivity index (χ0n) is 12.3. The number of anilines is 1. The summed E-state index contributed by atoms with van der Waals surface area (Å²) in [6.45, 7) is 3.91. The quantitative estimate of drug-likeness (QED) is 0.850.